The Morgan fingerprint density at radius 1 is 1.47 bits per heavy atom. The topological polar surface area (TPSA) is 17.8 Å². The summed E-state index contributed by atoms with van der Waals surface area (Å²) in [5, 5.41) is 4.80. The van der Waals surface area contributed by atoms with Crippen molar-refractivity contribution in [2.75, 3.05) is 0 Å². The monoisotopic (exact) mass is 296 g/mol. The van der Waals surface area contributed by atoms with Gasteiger partial charge in [0.1, 0.15) is 0 Å². The zero-order valence-electron chi connectivity index (χ0n) is 10.5. The molecule has 0 bridgehead atoms. The maximum Gasteiger partial charge on any atom is 0.0630 e. The highest BCUT2D eigenvalue weighted by molar-refractivity contribution is 9.09. The van der Waals surface area contributed by atoms with Crippen molar-refractivity contribution in [2.45, 2.75) is 62.7 Å². The van der Waals surface area contributed by atoms with Crippen molar-refractivity contribution in [3.63, 3.8) is 0 Å². The minimum Gasteiger partial charge on any atom is -0.269 e. The molecule has 0 amide bonds. The van der Waals surface area contributed by atoms with Gasteiger partial charge in [-0.15, -0.1) is 0 Å². The fourth-order valence-electron chi connectivity index (χ4n) is 3.08. The zero-order valence-corrected chi connectivity index (χ0v) is 12.1. The highest BCUT2D eigenvalue weighted by atomic mass is 79.9. The number of halogens is 1. The quantitative estimate of drug-likeness (QED) is 0.765. The summed E-state index contributed by atoms with van der Waals surface area (Å²) in [5.41, 5.74) is 1.80. The normalized spacial score (nSPS) is 25.1. The predicted octanol–water partition coefficient (Wildman–Crippen LogP) is 4.10. The minimum absolute atomic E-state index is 0.509. The molecular weight excluding hydrogens is 276 g/mol. The summed E-state index contributed by atoms with van der Waals surface area (Å²) in [4.78, 5) is 0.617. The van der Waals surface area contributed by atoms with Crippen molar-refractivity contribution in [2.24, 2.45) is 5.41 Å². The fourth-order valence-corrected chi connectivity index (χ4v) is 3.70. The van der Waals surface area contributed by atoms with Crippen molar-refractivity contribution in [1.82, 2.24) is 9.78 Å². The Balaban J connectivity index is 1.68. The second-order valence-corrected chi connectivity index (χ2v) is 7.25. The molecule has 3 rings (SSSR count). The Labute approximate surface area is 112 Å². The Morgan fingerprint density at radius 2 is 2.18 bits per heavy atom. The molecule has 1 heterocycles. The highest BCUT2D eigenvalue weighted by Gasteiger charge is 2.46. The van der Waals surface area contributed by atoms with Crippen LogP contribution in [0.2, 0.25) is 0 Å². The van der Waals surface area contributed by atoms with E-state index in [1.54, 1.807) is 0 Å². The largest absolute Gasteiger partial charge is 0.269 e. The van der Waals surface area contributed by atoms with Crippen LogP contribution in [0.5, 0.6) is 0 Å². The Morgan fingerprint density at radius 3 is 2.76 bits per heavy atom. The molecule has 0 aromatic carbocycles. The summed E-state index contributed by atoms with van der Waals surface area (Å²) < 4.78 is 2.22. The lowest BCUT2D eigenvalue weighted by Gasteiger charge is -2.16. The molecule has 1 unspecified atom stereocenters. The van der Waals surface area contributed by atoms with Gasteiger partial charge in [-0.05, 0) is 43.6 Å². The van der Waals surface area contributed by atoms with Crippen LogP contribution in [0.25, 0.3) is 0 Å². The summed E-state index contributed by atoms with van der Waals surface area (Å²) in [6.45, 7) is 2.28. The van der Waals surface area contributed by atoms with E-state index < -0.39 is 0 Å². The van der Waals surface area contributed by atoms with Crippen molar-refractivity contribution in [3.05, 3.63) is 18.0 Å². The first-order chi connectivity index (χ1) is 8.20. The number of alkyl halides is 1. The molecule has 0 spiro atoms. The van der Waals surface area contributed by atoms with Gasteiger partial charge in [-0.25, -0.2) is 0 Å². The van der Waals surface area contributed by atoms with E-state index in [1.807, 2.05) is 0 Å². The molecule has 0 saturated heterocycles. The van der Waals surface area contributed by atoms with Crippen LogP contribution in [-0.2, 0) is 6.42 Å². The first kappa shape index (κ1) is 11.8. The van der Waals surface area contributed by atoms with Crippen LogP contribution >= 0.6 is 15.9 Å². The number of hydrogen-bond acceptors (Lipinski definition) is 1. The molecule has 0 aliphatic heterocycles. The van der Waals surface area contributed by atoms with Gasteiger partial charge in [-0.1, -0.05) is 35.7 Å². The lowest BCUT2D eigenvalue weighted by molar-refractivity contribution is 0.449. The Bertz CT molecular complexity index is 387. The van der Waals surface area contributed by atoms with Crippen LogP contribution in [0.3, 0.4) is 0 Å². The molecule has 2 nitrogen and oxygen atoms in total. The summed E-state index contributed by atoms with van der Waals surface area (Å²) in [5.74, 6) is 0. The number of nitrogens with zero attached hydrogens (tertiary/aromatic N) is 2. The third kappa shape index (κ3) is 2.31. The van der Waals surface area contributed by atoms with Gasteiger partial charge in [-0.3, -0.25) is 4.68 Å². The van der Waals surface area contributed by atoms with E-state index >= 15 is 0 Å². The van der Waals surface area contributed by atoms with E-state index in [9.17, 15) is 0 Å². The summed E-state index contributed by atoms with van der Waals surface area (Å²) in [6.07, 6.45) is 11.5. The number of rotatable bonds is 4. The lowest BCUT2D eigenvalue weighted by Crippen LogP contribution is -2.16. The highest BCUT2D eigenvalue weighted by Crippen LogP contribution is 2.53. The minimum atomic E-state index is 0.509. The fraction of sp³-hybridized carbons (Fsp3) is 0.786. The van der Waals surface area contributed by atoms with Crippen molar-refractivity contribution in [3.8, 4) is 0 Å². The lowest BCUT2D eigenvalue weighted by atomic mass is 9.97. The smallest absolute Gasteiger partial charge is 0.0630 e. The first-order valence-corrected chi connectivity index (χ1v) is 7.79. The molecule has 1 aromatic rings. The molecule has 2 fully saturated rings. The van der Waals surface area contributed by atoms with Gasteiger partial charge in [0.25, 0.3) is 0 Å². The van der Waals surface area contributed by atoms with Crippen molar-refractivity contribution >= 4 is 15.9 Å². The van der Waals surface area contributed by atoms with Crippen LogP contribution in [-0.4, -0.2) is 14.6 Å². The summed E-state index contributed by atoms with van der Waals surface area (Å²) in [7, 11) is 0. The van der Waals surface area contributed by atoms with Gasteiger partial charge in [0.05, 0.1) is 11.7 Å². The average Bonchev–Trinajstić information content (AvgIpc) is 2.76. The van der Waals surface area contributed by atoms with Crippen molar-refractivity contribution < 1.29 is 0 Å². The van der Waals surface area contributed by atoms with Crippen LogP contribution in [0.15, 0.2) is 12.3 Å². The maximum absolute atomic E-state index is 4.80. The third-order valence-electron chi connectivity index (χ3n) is 4.63. The van der Waals surface area contributed by atoms with E-state index in [-0.39, 0.29) is 0 Å². The van der Waals surface area contributed by atoms with Gasteiger partial charge in [0.15, 0.2) is 0 Å². The van der Waals surface area contributed by atoms with E-state index in [2.05, 4.69) is 39.8 Å². The molecule has 2 aliphatic rings. The second kappa shape index (κ2) is 4.42. The van der Waals surface area contributed by atoms with E-state index in [4.69, 9.17) is 5.10 Å². The van der Waals surface area contributed by atoms with Gasteiger partial charge in [-0.2, -0.15) is 5.10 Å². The molecule has 1 atom stereocenters. The third-order valence-corrected chi connectivity index (χ3v) is 5.60. The van der Waals surface area contributed by atoms with Gasteiger partial charge < -0.3 is 0 Å². The SMILES string of the molecule is CC(Br)C1(Cc2ccn(C3CCCC3)n2)CC1. The summed E-state index contributed by atoms with van der Waals surface area (Å²) in [6, 6.07) is 2.91. The molecule has 3 heteroatoms. The van der Waals surface area contributed by atoms with E-state index in [0.717, 1.165) is 6.42 Å². The molecule has 1 aromatic heterocycles. The molecular formula is C14H21BrN2. The number of hydrogen-bond donors (Lipinski definition) is 0. The Hall–Kier alpha value is -0.310. The maximum atomic E-state index is 4.80. The predicted molar refractivity (Wildman–Crippen MR) is 73.5 cm³/mol. The Kier molecular flexibility index (Phi) is 3.06. The van der Waals surface area contributed by atoms with Crippen LogP contribution in [0.4, 0.5) is 0 Å². The van der Waals surface area contributed by atoms with Crippen LogP contribution < -0.4 is 0 Å². The second-order valence-electron chi connectivity index (χ2n) is 5.88. The van der Waals surface area contributed by atoms with Gasteiger partial charge in [0.2, 0.25) is 0 Å². The molecule has 2 saturated carbocycles. The summed E-state index contributed by atoms with van der Waals surface area (Å²) >= 11 is 3.75. The zero-order chi connectivity index (χ0) is 11.9. The van der Waals surface area contributed by atoms with Gasteiger partial charge in [0, 0.05) is 11.0 Å². The van der Waals surface area contributed by atoms with E-state index in [1.165, 1.54) is 44.2 Å². The molecule has 0 N–H and O–H groups in total. The first-order valence-electron chi connectivity index (χ1n) is 6.88. The van der Waals surface area contributed by atoms with E-state index in [0.29, 0.717) is 16.3 Å². The molecule has 0 radical (unpaired) electrons. The molecule has 94 valence electrons. The number of aromatic nitrogens is 2. The average molecular weight is 297 g/mol. The molecule has 17 heavy (non-hydrogen) atoms. The standard InChI is InChI=1S/C14H21BrN2/c1-11(15)14(7-8-14)10-12-6-9-17(16-12)13-4-2-3-5-13/h6,9,11,13H,2-5,7-8,10H2,1H3. The molecule has 2 aliphatic carbocycles. The van der Waals surface area contributed by atoms with Crippen molar-refractivity contribution in [1.29, 1.82) is 0 Å². The van der Waals surface area contributed by atoms with Crippen LogP contribution in [0, 0.1) is 5.41 Å². The van der Waals surface area contributed by atoms with Gasteiger partial charge >= 0.3 is 0 Å². The van der Waals surface area contributed by atoms with Crippen LogP contribution in [0.1, 0.15) is 57.2 Å².